The van der Waals surface area contributed by atoms with Crippen molar-refractivity contribution in [2.45, 2.75) is 51.9 Å². The van der Waals surface area contributed by atoms with Crippen LogP contribution >= 0.6 is 0 Å². The van der Waals surface area contributed by atoms with Gasteiger partial charge in [-0.1, -0.05) is 0 Å². The van der Waals surface area contributed by atoms with E-state index in [4.69, 9.17) is 9.47 Å². The normalized spacial score (nSPS) is 15.9. The van der Waals surface area contributed by atoms with Crippen LogP contribution in [-0.2, 0) is 9.47 Å². The Morgan fingerprint density at radius 3 is 2.21 bits per heavy atom. The summed E-state index contributed by atoms with van der Waals surface area (Å²) in [5, 5.41) is 3.26. The molecule has 3 nitrogen and oxygen atoms in total. The maximum atomic E-state index is 5.56. The van der Waals surface area contributed by atoms with E-state index in [2.05, 4.69) is 26.1 Å². The van der Waals surface area contributed by atoms with Gasteiger partial charge in [-0.05, 0) is 40.7 Å². The van der Waals surface area contributed by atoms with E-state index in [1.165, 1.54) is 0 Å². The van der Waals surface area contributed by atoms with E-state index in [9.17, 15) is 0 Å². The van der Waals surface area contributed by atoms with Gasteiger partial charge in [-0.2, -0.15) is 0 Å². The van der Waals surface area contributed by atoms with Gasteiger partial charge in [-0.15, -0.1) is 0 Å². The fraction of sp³-hybridized carbons (Fsp3) is 1.00. The first-order valence-electron chi connectivity index (χ1n) is 5.41. The summed E-state index contributed by atoms with van der Waals surface area (Å²) in [6, 6.07) is 0.440. The fourth-order valence-corrected chi connectivity index (χ4v) is 1.17. The Labute approximate surface area is 88.2 Å². The van der Waals surface area contributed by atoms with E-state index < -0.39 is 0 Å². The molecule has 0 aromatic rings. The Bertz CT molecular complexity index is 128. The minimum absolute atomic E-state index is 0.311. The molecule has 0 saturated carbocycles. The number of ether oxygens (including phenoxy) is 2. The van der Waals surface area contributed by atoms with Crippen molar-refractivity contribution in [3.8, 4) is 0 Å². The highest BCUT2D eigenvalue weighted by molar-refractivity contribution is 4.66. The first-order valence-corrected chi connectivity index (χ1v) is 5.41. The second-order valence-corrected chi connectivity index (χ2v) is 3.99. The third-order valence-corrected chi connectivity index (χ3v) is 2.36. The lowest BCUT2D eigenvalue weighted by atomic mass is 10.1. The second-order valence-electron chi connectivity index (χ2n) is 3.99. The quantitative estimate of drug-likeness (QED) is 0.652. The lowest BCUT2D eigenvalue weighted by Gasteiger charge is -2.19. The molecule has 0 amide bonds. The molecule has 0 heterocycles. The molecule has 0 aliphatic heterocycles. The average Bonchev–Trinajstić information content (AvgIpc) is 2.17. The summed E-state index contributed by atoms with van der Waals surface area (Å²) in [6.07, 6.45) is 2.82. The van der Waals surface area contributed by atoms with Gasteiger partial charge in [0.05, 0.1) is 18.8 Å². The number of methoxy groups -OCH3 is 1. The molecule has 0 aliphatic carbocycles. The van der Waals surface area contributed by atoms with Crippen LogP contribution in [0.1, 0.15) is 33.6 Å². The zero-order valence-electron chi connectivity index (χ0n) is 10.2. The van der Waals surface area contributed by atoms with Gasteiger partial charge < -0.3 is 14.8 Å². The highest BCUT2D eigenvalue weighted by atomic mass is 16.5. The van der Waals surface area contributed by atoms with Crippen molar-refractivity contribution in [1.29, 1.82) is 0 Å². The van der Waals surface area contributed by atoms with E-state index in [1.54, 1.807) is 7.11 Å². The van der Waals surface area contributed by atoms with Gasteiger partial charge in [-0.3, -0.25) is 0 Å². The van der Waals surface area contributed by atoms with Crippen molar-refractivity contribution < 1.29 is 9.47 Å². The van der Waals surface area contributed by atoms with Gasteiger partial charge in [-0.25, -0.2) is 0 Å². The molecule has 0 radical (unpaired) electrons. The lowest BCUT2D eigenvalue weighted by Crippen LogP contribution is -2.32. The van der Waals surface area contributed by atoms with Crippen LogP contribution in [0.4, 0.5) is 0 Å². The zero-order valence-corrected chi connectivity index (χ0v) is 10.2. The molecule has 0 saturated heterocycles. The highest BCUT2D eigenvalue weighted by Crippen LogP contribution is 2.05. The van der Waals surface area contributed by atoms with Gasteiger partial charge in [0, 0.05) is 13.2 Å². The molecule has 1 N–H and O–H groups in total. The lowest BCUT2D eigenvalue weighted by molar-refractivity contribution is 0.0537. The van der Waals surface area contributed by atoms with Gasteiger partial charge >= 0.3 is 0 Å². The van der Waals surface area contributed by atoms with Crippen molar-refractivity contribution in [3.63, 3.8) is 0 Å². The van der Waals surface area contributed by atoms with Crippen molar-refractivity contribution in [2.24, 2.45) is 0 Å². The largest absolute Gasteiger partial charge is 0.382 e. The van der Waals surface area contributed by atoms with E-state index in [0.717, 1.165) is 19.4 Å². The van der Waals surface area contributed by atoms with Crippen molar-refractivity contribution in [2.75, 3.05) is 20.8 Å². The maximum absolute atomic E-state index is 5.56. The molecule has 2 atom stereocenters. The highest BCUT2D eigenvalue weighted by Gasteiger charge is 2.09. The first kappa shape index (κ1) is 13.9. The van der Waals surface area contributed by atoms with Crippen molar-refractivity contribution in [3.05, 3.63) is 0 Å². The topological polar surface area (TPSA) is 30.5 Å². The molecule has 0 aliphatic rings. The van der Waals surface area contributed by atoms with E-state index in [-0.39, 0.29) is 0 Å². The molecule has 0 aromatic heterocycles. The molecule has 0 bridgehead atoms. The zero-order chi connectivity index (χ0) is 11.0. The number of likely N-dealkylation sites (N-methyl/N-ethyl adjacent to an activating group) is 1. The molecule has 86 valence electrons. The summed E-state index contributed by atoms with van der Waals surface area (Å²) < 4.78 is 10.8. The average molecular weight is 203 g/mol. The summed E-state index contributed by atoms with van der Waals surface area (Å²) >= 11 is 0. The van der Waals surface area contributed by atoms with Crippen molar-refractivity contribution in [1.82, 2.24) is 5.32 Å². The summed E-state index contributed by atoms with van der Waals surface area (Å²) in [5.74, 6) is 0. The van der Waals surface area contributed by atoms with Gasteiger partial charge in [0.15, 0.2) is 0 Å². The summed E-state index contributed by atoms with van der Waals surface area (Å²) in [6.45, 7) is 7.00. The Balaban J connectivity index is 3.57. The molecule has 0 rings (SSSR count). The monoisotopic (exact) mass is 203 g/mol. The maximum Gasteiger partial charge on any atom is 0.0622 e. The van der Waals surface area contributed by atoms with E-state index >= 15 is 0 Å². The first-order chi connectivity index (χ1) is 6.60. The van der Waals surface area contributed by atoms with Crippen LogP contribution in [0, 0.1) is 0 Å². The molecule has 14 heavy (non-hydrogen) atoms. The SMILES string of the molecule is CNC(CCC(C)OC)COC(C)C. The summed E-state index contributed by atoms with van der Waals surface area (Å²) in [4.78, 5) is 0. The smallest absolute Gasteiger partial charge is 0.0622 e. The molecule has 0 fully saturated rings. The Morgan fingerprint density at radius 2 is 1.79 bits per heavy atom. The number of nitrogens with one attached hydrogen (secondary N) is 1. The Morgan fingerprint density at radius 1 is 1.14 bits per heavy atom. The Hall–Kier alpha value is -0.120. The van der Waals surface area contributed by atoms with Gasteiger partial charge in [0.2, 0.25) is 0 Å². The molecule has 0 spiro atoms. The van der Waals surface area contributed by atoms with E-state index in [1.807, 2.05) is 7.05 Å². The minimum atomic E-state index is 0.311. The molecule has 2 unspecified atom stereocenters. The molecule has 0 aromatic carbocycles. The third-order valence-electron chi connectivity index (χ3n) is 2.36. The van der Waals surface area contributed by atoms with Gasteiger partial charge in [0.25, 0.3) is 0 Å². The summed E-state index contributed by atoms with van der Waals surface area (Å²) in [7, 11) is 3.73. The van der Waals surface area contributed by atoms with Gasteiger partial charge in [0.1, 0.15) is 0 Å². The predicted molar refractivity (Wildman–Crippen MR) is 59.6 cm³/mol. The standard InChI is InChI=1S/C11H25NO2/c1-9(2)14-8-11(12-4)7-6-10(3)13-5/h9-12H,6-8H2,1-5H3. The summed E-state index contributed by atoms with van der Waals surface area (Å²) in [5.41, 5.74) is 0. The molecular weight excluding hydrogens is 178 g/mol. The Kier molecular flexibility index (Phi) is 8.14. The number of hydrogen-bond donors (Lipinski definition) is 1. The van der Waals surface area contributed by atoms with Crippen LogP contribution in [0.3, 0.4) is 0 Å². The van der Waals surface area contributed by atoms with Crippen LogP contribution < -0.4 is 5.32 Å². The molecule has 3 heteroatoms. The minimum Gasteiger partial charge on any atom is -0.382 e. The number of hydrogen-bond acceptors (Lipinski definition) is 3. The van der Waals surface area contributed by atoms with E-state index in [0.29, 0.717) is 18.2 Å². The van der Waals surface area contributed by atoms with Crippen LogP contribution in [0.2, 0.25) is 0 Å². The van der Waals surface area contributed by atoms with Crippen molar-refractivity contribution >= 4 is 0 Å². The van der Waals surface area contributed by atoms with Crippen LogP contribution in [0.5, 0.6) is 0 Å². The second kappa shape index (κ2) is 8.21. The van der Waals surface area contributed by atoms with Crippen LogP contribution in [0.25, 0.3) is 0 Å². The van der Waals surface area contributed by atoms with Crippen LogP contribution in [-0.4, -0.2) is 39.0 Å². The predicted octanol–water partition coefficient (Wildman–Crippen LogP) is 1.81. The molecular formula is C11H25NO2. The third kappa shape index (κ3) is 7.30. The fourth-order valence-electron chi connectivity index (χ4n) is 1.17. The number of rotatable bonds is 8. The van der Waals surface area contributed by atoms with Crippen LogP contribution in [0.15, 0.2) is 0 Å².